The summed E-state index contributed by atoms with van der Waals surface area (Å²) in [5.74, 6) is -6.09. The molecule has 0 radical (unpaired) electrons. The maximum Gasteiger partial charge on any atom is 0.364 e. The van der Waals surface area contributed by atoms with Crippen molar-refractivity contribution in [3.05, 3.63) is 0 Å². The van der Waals surface area contributed by atoms with Gasteiger partial charge < -0.3 is 100 Å². The molecule has 23 heteroatoms. The van der Waals surface area contributed by atoms with Crippen LogP contribution >= 0.6 is 0 Å². The molecule has 18 atom stereocenters. The van der Waals surface area contributed by atoms with Gasteiger partial charge in [-0.15, -0.1) is 0 Å². The Morgan fingerprint density at radius 2 is 0.897 bits per heavy atom. The third kappa shape index (κ3) is 35.7. The van der Waals surface area contributed by atoms with Gasteiger partial charge in [-0.05, 0) is 12.8 Å². The minimum Gasteiger partial charge on any atom is -0.477 e. The molecule has 0 aromatic rings. The molecule has 3 rings (SSSR count). The fourth-order valence-corrected chi connectivity index (χ4v) is 13.9. The summed E-state index contributed by atoms with van der Waals surface area (Å²) in [6.07, 6.45) is 25.2. The van der Waals surface area contributed by atoms with Gasteiger partial charge >= 0.3 is 5.97 Å². The van der Waals surface area contributed by atoms with E-state index in [1.54, 1.807) is 0 Å². The molecule has 0 aliphatic carbocycles. The van der Waals surface area contributed by atoms with Gasteiger partial charge in [-0.2, -0.15) is 0 Å². The minimum absolute atomic E-state index is 0.230. The second-order valence-electron chi connectivity index (χ2n) is 28.6. The van der Waals surface area contributed by atoms with Gasteiger partial charge in [-0.1, -0.05) is 284 Å². The van der Waals surface area contributed by atoms with Gasteiger partial charge in [0.2, 0.25) is 11.8 Å². The number of hydrogen-bond donors (Lipinski definition) is 14. The highest BCUT2D eigenvalue weighted by atomic mass is 16.8. The Labute approximate surface area is 582 Å². The lowest BCUT2D eigenvalue weighted by atomic mass is 9.88. The smallest absolute Gasteiger partial charge is 0.364 e. The molecule has 97 heavy (non-hydrogen) atoms. The van der Waals surface area contributed by atoms with Crippen LogP contribution < -0.4 is 10.6 Å². The number of amides is 2. The average molecular weight is 1390 g/mol. The summed E-state index contributed by atoms with van der Waals surface area (Å²) in [6.45, 7) is 2.26. The molecular weight excluding hydrogens is 1250 g/mol. The van der Waals surface area contributed by atoms with E-state index in [4.69, 9.17) is 28.4 Å². The second-order valence-corrected chi connectivity index (χ2v) is 28.6. The normalized spacial score (nSPS) is 27.3. The van der Waals surface area contributed by atoms with Crippen LogP contribution in [0.25, 0.3) is 0 Å². The van der Waals surface area contributed by atoms with Crippen LogP contribution in [-0.2, 0) is 42.8 Å². The van der Waals surface area contributed by atoms with Gasteiger partial charge in [0.05, 0.1) is 50.7 Å². The zero-order chi connectivity index (χ0) is 71.1. The maximum atomic E-state index is 13.5. The van der Waals surface area contributed by atoms with Crippen molar-refractivity contribution in [3.8, 4) is 0 Å². The third-order valence-electron chi connectivity index (χ3n) is 20.1. The molecule has 0 aromatic heterocycles. The number of unbranched alkanes of at least 4 members (excludes halogenated alkanes) is 41. The van der Waals surface area contributed by atoms with Crippen LogP contribution in [0.3, 0.4) is 0 Å². The number of hydrogen-bond acceptors (Lipinski definition) is 20. The van der Waals surface area contributed by atoms with Crippen molar-refractivity contribution in [1.82, 2.24) is 10.6 Å². The molecule has 23 nitrogen and oxygen atoms in total. The van der Waals surface area contributed by atoms with Crippen LogP contribution in [0.2, 0.25) is 0 Å². The monoisotopic (exact) mass is 1390 g/mol. The first-order valence-corrected chi connectivity index (χ1v) is 38.9. The standard InChI is InChI=1S/C74H140N2O21/c1-4-6-8-10-12-14-16-18-20-22-24-26-27-28-29-31-33-35-37-39-41-43-45-47-56(81)55(76-61(84)48-46-44-42-40-38-36-34-32-30-25-23-21-19-17-15-13-11-9-7-5-2)53-92-71-66(88)65(87)68(60(52-79)94-71)95-72-67(89)70(64(86)59(51-78)93-72)97-74(73(90)91)49-57(82)62(75-54(3)80)69(96-74)63(85)58(83)50-77/h55-60,62-72,77-79,81-83,85-89H,4-53H2,1-3H3,(H,75,80)(H,76,84)(H,90,91). The van der Waals surface area contributed by atoms with Crippen molar-refractivity contribution in [1.29, 1.82) is 0 Å². The Bertz CT molecular complexity index is 1950. The minimum atomic E-state index is -3.08. The number of aliphatic carboxylic acids is 1. The molecule has 14 N–H and O–H groups in total. The Balaban J connectivity index is 1.54. The van der Waals surface area contributed by atoms with Crippen molar-refractivity contribution in [3.63, 3.8) is 0 Å². The van der Waals surface area contributed by atoms with E-state index in [1.165, 1.54) is 218 Å². The molecule has 0 bridgehead atoms. The van der Waals surface area contributed by atoms with Gasteiger partial charge in [-0.25, -0.2) is 4.79 Å². The molecule has 572 valence electrons. The van der Waals surface area contributed by atoms with Crippen LogP contribution in [0.15, 0.2) is 0 Å². The Hall–Kier alpha value is -2.27. The van der Waals surface area contributed by atoms with Crippen LogP contribution in [-0.4, -0.2) is 215 Å². The van der Waals surface area contributed by atoms with E-state index >= 15 is 0 Å². The van der Waals surface area contributed by atoms with Crippen LogP contribution in [0.4, 0.5) is 0 Å². The summed E-state index contributed by atoms with van der Waals surface area (Å²) in [5.41, 5.74) is 0. The number of nitrogens with one attached hydrogen (secondary N) is 2. The maximum absolute atomic E-state index is 13.5. The average Bonchev–Trinajstić information content (AvgIpc) is 0.757. The molecule has 3 fully saturated rings. The molecule has 18 unspecified atom stereocenters. The van der Waals surface area contributed by atoms with Crippen molar-refractivity contribution >= 4 is 17.8 Å². The van der Waals surface area contributed by atoms with Gasteiger partial charge in [0.25, 0.3) is 5.79 Å². The zero-order valence-corrected chi connectivity index (χ0v) is 60.2. The van der Waals surface area contributed by atoms with Crippen molar-refractivity contribution in [2.75, 3.05) is 26.4 Å². The van der Waals surface area contributed by atoms with E-state index < -0.39 is 148 Å². The largest absolute Gasteiger partial charge is 0.477 e. The first kappa shape index (κ1) is 88.9. The molecule has 0 spiro atoms. The van der Waals surface area contributed by atoms with Crippen molar-refractivity contribution in [2.24, 2.45) is 0 Å². The van der Waals surface area contributed by atoms with Crippen molar-refractivity contribution in [2.45, 2.75) is 426 Å². The van der Waals surface area contributed by atoms with Gasteiger partial charge in [-0.3, -0.25) is 9.59 Å². The van der Waals surface area contributed by atoms with Crippen LogP contribution in [0.1, 0.15) is 316 Å². The number of ether oxygens (including phenoxy) is 6. The highest BCUT2D eigenvalue weighted by Crippen LogP contribution is 2.39. The Morgan fingerprint density at radius 1 is 0.495 bits per heavy atom. The lowest BCUT2D eigenvalue weighted by Gasteiger charge is -2.50. The lowest BCUT2D eigenvalue weighted by Crippen LogP contribution is -2.70. The summed E-state index contributed by atoms with van der Waals surface area (Å²) in [6, 6.07) is -2.53. The van der Waals surface area contributed by atoms with Gasteiger partial charge in [0.1, 0.15) is 67.1 Å². The number of aliphatic hydroxyl groups excluding tert-OH is 11. The molecule has 3 saturated heterocycles. The first-order chi connectivity index (χ1) is 46.9. The second kappa shape index (κ2) is 54.4. The Kier molecular flexibility index (Phi) is 49.9. The van der Waals surface area contributed by atoms with E-state index in [0.717, 1.165) is 51.9 Å². The molecule has 3 heterocycles. The number of rotatable bonds is 61. The Morgan fingerprint density at radius 3 is 1.29 bits per heavy atom. The fraction of sp³-hybridized carbons (Fsp3) is 0.959. The quantitative estimate of drug-likeness (QED) is 0.0252. The summed E-state index contributed by atoms with van der Waals surface area (Å²) in [5, 5.41) is 136. The van der Waals surface area contributed by atoms with Crippen molar-refractivity contribution < 1.29 is 104 Å². The highest BCUT2D eigenvalue weighted by Gasteiger charge is 2.60. The highest BCUT2D eigenvalue weighted by molar-refractivity contribution is 5.77. The lowest BCUT2D eigenvalue weighted by molar-refractivity contribution is -0.386. The summed E-state index contributed by atoms with van der Waals surface area (Å²) in [4.78, 5) is 38.7. The van der Waals surface area contributed by atoms with E-state index in [0.29, 0.717) is 19.3 Å². The summed E-state index contributed by atoms with van der Waals surface area (Å²) < 4.78 is 35.0. The van der Waals surface area contributed by atoms with E-state index in [2.05, 4.69) is 24.5 Å². The molecular formula is C74H140N2O21. The summed E-state index contributed by atoms with van der Waals surface area (Å²) >= 11 is 0. The SMILES string of the molecule is CCCCCCCCCCCCCCCCCCCCCCCCCC(O)C(COC1OC(CO)C(OC2OC(CO)C(O)C(OC3(C(=O)O)CC(O)C(NC(C)=O)C(C(O)C(O)CO)O3)C2O)C(O)C1O)NC(=O)CCCCCCCCCCCCCCCCCCCCCC. The van der Waals surface area contributed by atoms with Crippen LogP contribution in [0.5, 0.6) is 0 Å². The van der Waals surface area contributed by atoms with Gasteiger partial charge in [0, 0.05) is 19.8 Å². The predicted molar refractivity (Wildman–Crippen MR) is 371 cm³/mol. The molecule has 3 aliphatic heterocycles. The topological polar surface area (TPSA) is 373 Å². The molecule has 0 saturated carbocycles. The molecule has 2 amide bonds. The first-order valence-electron chi connectivity index (χ1n) is 38.9. The van der Waals surface area contributed by atoms with Crippen LogP contribution in [0, 0.1) is 0 Å². The van der Waals surface area contributed by atoms with E-state index in [-0.39, 0.29) is 18.9 Å². The van der Waals surface area contributed by atoms with Gasteiger partial charge in [0.15, 0.2) is 12.6 Å². The molecule has 3 aliphatic rings. The third-order valence-corrected chi connectivity index (χ3v) is 20.1. The molecule has 0 aromatic carbocycles. The number of carbonyl (C=O) groups excluding carboxylic acids is 2. The van der Waals surface area contributed by atoms with E-state index in [1.807, 2.05) is 0 Å². The summed E-state index contributed by atoms with van der Waals surface area (Å²) in [7, 11) is 0. The van der Waals surface area contributed by atoms with E-state index in [9.17, 15) is 75.7 Å². The predicted octanol–water partition coefficient (Wildman–Crippen LogP) is 9.24. The fourth-order valence-electron chi connectivity index (χ4n) is 13.9. The number of aliphatic hydroxyl groups is 11. The number of carbonyl (C=O) groups is 3. The number of carboxylic acid groups (broad SMARTS) is 1. The zero-order valence-electron chi connectivity index (χ0n) is 60.2. The number of carboxylic acids is 1.